The van der Waals surface area contributed by atoms with Crippen LogP contribution in [0.1, 0.15) is 31.9 Å². The number of benzene rings is 1. The predicted molar refractivity (Wildman–Crippen MR) is 95.5 cm³/mol. The van der Waals surface area contributed by atoms with Gasteiger partial charge in [0.1, 0.15) is 17.3 Å². The molecule has 0 unspecified atom stereocenters. The van der Waals surface area contributed by atoms with Crippen LogP contribution in [0.15, 0.2) is 40.8 Å². The molecular formula is C20H23FN2O3. The van der Waals surface area contributed by atoms with Gasteiger partial charge in [-0.05, 0) is 49.2 Å². The number of halogens is 1. The topological polar surface area (TPSA) is 62.6 Å². The number of rotatable bonds is 5. The molecule has 0 radical (unpaired) electrons. The van der Waals surface area contributed by atoms with Crippen molar-refractivity contribution in [3.8, 4) is 11.3 Å². The van der Waals surface area contributed by atoms with Gasteiger partial charge in [0.05, 0.1) is 12.5 Å². The van der Waals surface area contributed by atoms with E-state index in [2.05, 4.69) is 5.32 Å². The monoisotopic (exact) mass is 358 g/mol. The molecule has 0 saturated carbocycles. The van der Waals surface area contributed by atoms with Gasteiger partial charge in [0.2, 0.25) is 11.8 Å². The molecule has 1 aromatic heterocycles. The molecule has 1 fully saturated rings. The Bertz CT molecular complexity index is 770. The Morgan fingerprint density at radius 2 is 2.00 bits per heavy atom. The highest BCUT2D eigenvalue weighted by Gasteiger charge is 2.27. The van der Waals surface area contributed by atoms with Crippen molar-refractivity contribution in [2.24, 2.45) is 5.92 Å². The van der Waals surface area contributed by atoms with Crippen LogP contribution in [-0.4, -0.2) is 29.8 Å². The summed E-state index contributed by atoms with van der Waals surface area (Å²) in [6.07, 6.45) is 2.10. The lowest BCUT2D eigenvalue weighted by Crippen LogP contribution is -2.45. The lowest BCUT2D eigenvalue weighted by Gasteiger charge is -2.31. The standard InChI is InChI=1S/C20H23FN2O3/c1-2-19(24)23-11-3-4-15(13-23)20(25)22-12-17-9-10-18(26-17)14-5-7-16(21)8-6-14/h5-10,15H,2-4,11-13H2,1H3,(H,22,25)/t15-/m1/s1. The fraction of sp³-hybridized carbons (Fsp3) is 0.400. The molecule has 1 saturated heterocycles. The average molecular weight is 358 g/mol. The van der Waals surface area contributed by atoms with Crippen molar-refractivity contribution >= 4 is 11.8 Å². The SMILES string of the molecule is CCC(=O)N1CCC[C@@H](C(=O)NCc2ccc(-c3ccc(F)cc3)o2)C1. The Hall–Kier alpha value is -2.63. The summed E-state index contributed by atoms with van der Waals surface area (Å²) in [5.74, 6) is 0.832. The highest BCUT2D eigenvalue weighted by Crippen LogP contribution is 2.23. The maximum Gasteiger partial charge on any atom is 0.225 e. The van der Waals surface area contributed by atoms with Gasteiger partial charge in [-0.3, -0.25) is 9.59 Å². The summed E-state index contributed by atoms with van der Waals surface area (Å²) < 4.78 is 18.7. The zero-order valence-electron chi connectivity index (χ0n) is 14.8. The number of likely N-dealkylation sites (tertiary alicyclic amines) is 1. The maximum atomic E-state index is 13.0. The van der Waals surface area contributed by atoms with Crippen molar-refractivity contribution in [2.45, 2.75) is 32.7 Å². The minimum atomic E-state index is -0.295. The van der Waals surface area contributed by atoms with Gasteiger partial charge in [0.15, 0.2) is 0 Å². The van der Waals surface area contributed by atoms with Crippen LogP contribution in [-0.2, 0) is 16.1 Å². The minimum Gasteiger partial charge on any atom is -0.459 e. The molecule has 2 aromatic rings. The molecule has 6 heteroatoms. The smallest absolute Gasteiger partial charge is 0.225 e. The van der Waals surface area contributed by atoms with E-state index in [4.69, 9.17) is 4.42 Å². The second-order valence-electron chi connectivity index (χ2n) is 6.52. The van der Waals surface area contributed by atoms with E-state index in [1.54, 1.807) is 29.2 Å². The van der Waals surface area contributed by atoms with Crippen LogP contribution < -0.4 is 5.32 Å². The van der Waals surface area contributed by atoms with Crippen molar-refractivity contribution < 1.29 is 18.4 Å². The number of amides is 2. The van der Waals surface area contributed by atoms with E-state index in [0.717, 1.165) is 24.9 Å². The normalized spacial score (nSPS) is 17.2. The lowest BCUT2D eigenvalue weighted by atomic mass is 9.97. The Labute approximate surface area is 152 Å². The van der Waals surface area contributed by atoms with Crippen molar-refractivity contribution in [1.82, 2.24) is 10.2 Å². The Morgan fingerprint density at radius 1 is 1.23 bits per heavy atom. The highest BCUT2D eigenvalue weighted by molar-refractivity contribution is 5.81. The molecule has 1 aliphatic heterocycles. The molecule has 0 bridgehead atoms. The van der Waals surface area contributed by atoms with Crippen LogP contribution in [0.25, 0.3) is 11.3 Å². The molecule has 1 aromatic carbocycles. The summed E-state index contributed by atoms with van der Waals surface area (Å²) in [7, 11) is 0. The molecule has 138 valence electrons. The first-order chi connectivity index (χ1) is 12.6. The Balaban J connectivity index is 1.55. The second kappa shape index (κ2) is 8.17. The second-order valence-corrected chi connectivity index (χ2v) is 6.52. The highest BCUT2D eigenvalue weighted by atomic mass is 19.1. The van der Waals surface area contributed by atoms with Gasteiger partial charge in [-0.15, -0.1) is 0 Å². The maximum absolute atomic E-state index is 13.0. The number of carbonyl (C=O) groups is 2. The number of nitrogens with zero attached hydrogens (tertiary/aromatic N) is 1. The van der Waals surface area contributed by atoms with Crippen molar-refractivity contribution in [1.29, 1.82) is 0 Å². The van der Waals surface area contributed by atoms with E-state index in [1.807, 2.05) is 6.92 Å². The van der Waals surface area contributed by atoms with Crippen molar-refractivity contribution in [2.75, 3.05) is 13.1 Å². The quantitative estimate of drug-likeness (QED) is 0.892. The van der Waals surface area contributed by atoms with Gasteiger partial charge < -0.3 is 14.6 Å². The molecule has 1 aliphatic rings. The molecule has 2 heterocycles. The van der Waals surface area contributed by atoms with Gasteiger partial charge in [-0.1, -0.05) is 6.92 Å². The molecule has 1 N–H and O–H groups in total. The van der Waals surface area contributed by atoms with Crippen LogP contribution in [0, 0.1) is 11.7 Å². The fourth-order valence-electron chi connectivity index (χ4n) is 3.20. The molecule has 5 nitrogen and oxygen atoms in total. The molecule has 3 rings (SSSR count). The van der Waals surface area contributed by atoms with Gasteiger partial charge in [0.25, 0.3) is 0 Å². The first kappa shape index (κ1) is 18.2. The Kier molecular flexibility index (Phi) is 5.71. The zero-order chi connectivity index (χ0) is 18.5. The third kappa shape index (κ3) is 4.31. The fourth-order valence-corrected chi connectivity index (χ4v) is 3.20. The number of carbonyl (C=O) groups excluding carboxylic acids is 2. The zero-order valence-corrected chi connectivity index (χ0v) is 14.8. The number of piperidine rings is 1. The van der Waals surface area contributed by atoms with Crippen LogP contribution in [0.2, 0.25) is 0 Å². The first-order valence-corrected chi connectivity index (χ1v) is 8.97. The number of nitrogens with one attached hydrogen (secondary N) is 1. The third-order valence-electron chi connectivity index (χ3n) is 4.67. The largest absolute Gasteiger partial charge is 0.459 e. The summed E-state index contributed by atoms with van der Waals surface area (Å²) in [6.45, 7) is 3.34. The van der Waals surface area contributed by atoms with Crippen LogP contribution in [0.4, 0.5) is 4.39 Å². The van der Waals surface area contributed by atoms with E-state index in [1.165, 1.54) is 12.1 Å². The summed E-state index contributed by atoms with van der Waals surface area (Å²) >= 11 is 0. The molecule has 0 aliphatic carbocycles. The minimum absolute atomic E-state index is 0.0571. The van der Waals surface area contributed by atoms with Gasteiger partial charge >= 0.3 is 0 Å². The van der Waals surface area contributed by atoms with Gasteiger partial charge in [0, 0.05) is 25.1 Å². The van der Waals surface area contributed by atoms with Gasteiger partial charge in [-0.25, -0.2) is 4.39 Å². The number of furan rings is 1. The Morgan fingerprint density at radius 3 is 2.73 bits per heavy atom. The van der Waals surface area contributed by atoms with E-state index in [0.29, 0.717) is 24.5 Å². The average Bonchev–Trinajstić information content (AvgIpc) is 3.15. The van der Waals surface area contributed by atoms with Gasteiger partial charge in [-0.2, -0.15) is 0 Å². The molecule has 2 amide bonds. The molecule has 26 heavy (non-hydrogen) atoms. The molecule has 0 spiro atoms. The van der Waals surface area contributed by atoms with Crippen molar-refractivity contribution in [3.05, 3.63) is 48.0 Å². The summed E-state index contributed by atoms with van der Waals surface area (Å²) in [5.41, 5.74) is 0.782. The molecular weight excluding hydrogens is 335 g/mol. The first-order valence-electron chi connectivity index (χ1n) is 8.97. The molecule has 1 atom stereocenters. The summed E-state index contributed by atoms with van der Waals surface area (Å²) in [6, 6.07) is 9.66. The number of hydrogen-bond donors (Lipinski definition) is 1. The van der Waals surface area contributed by atoms with Crippen molar-refractivity contribution in [3.63, 3.8) is 0 Å². The van der Waals surface area contributed by atoms with E-state index in [-0.39, 0.29) is 30.1 Å². The van der Waals surface area contributed by atoms with E-state index < -0.39 is 0 Å². The predicted octanol–water partition coefficient (Wildman–Crippen LogP) is 3.35. The van der Waals surface area contributed by atoms with Crippen LogP contribution in [0.5, 0.6) is 0 Å². The lowest BCUT2D eigenvalue weighted by molar-refractivity contribution is -0.135. The summed E-state index contributed by atoms with van der Waals surface area (Å²) in [5, 5.41) is 2.89. The van der Waals surface area contributed by atoms with E-state index >= 15 is 0 Å². The number of hydrogen-bond acceptors (Lipinski definition) is 3. The van der Waals surface area contributed by atoms with E-state index in [9.17, 15) is 14.0 Å². The van der Waals surface area contributed by atoms with Crippen LogP contribution >= 0.6 is 0 Å². The third-order valence-corrected chi connectivity index (χ3v) is 4.67. The summed E-state index contributed by atoms with van der Waals surface area (Å²) in [4.78, 5) is 26.0. The van der Waals surface area contributed by atoms with Crippen LogP contribution in [0.3, 0.4) is 0 Å².